The second-order valence-corrected chi connectivity index (χ2v) is 5.27. The van der Waals surface area contributed by atoms with Gasteiger partial charge in [-0.2, -0.15) is 0 Å². The molecule has 0 fully saturated rings. The van der Waals surface area contributed by atoms with Gasteiger partial charge in [0.15, 0.2) is 0 Å². The van der Waals surface area contributed by atoms with Crippen LogP contribution >= 0.6 is 0 Å². The highest BCUT2D eigenvalue weighted by molar-refractivity contribution is 5.95. The fourth-order valence-corrected chi connectivity index (χ4v) is 2.16. The molecule has 23 heavy (non-hydrogen) atoms. The van der Waals surface area contributed by atoms with Gasteiger partial charge >= 0.3 is 5.97 Å². The van der Waals surface area contributed by atoms with Gasteiger partial charge in [-0.1, -0.05) is 18.2 Å². The maximum Gasteiger partial charge on any atom is 0.307 e. The number of amides is 2. The van der Waals surface area contributed by atoms with Crippen LogP contribution in [0.4, 0.5) is 0 Å². The van der Waals surface area contributed by atoms with E-state index in [2.05, 4.69) is 10.1 Å². The highest BCUT2D eigenvalue weighted by Crippen LogP contribution is 2.11. The molecule has 0 atom stereocenters. The third-order valence-corrected chi connectivity index (χ3v) is 3.45. The van der Waals surface area contributed by atoms with Gasteiger partial charge < -0.3 is 15.0 Å². The van der Waals surface area contributed by atoms with Crippen LogP contribution in [-0.2, 0) is 14.3 Å². The molecule has 0 aromatic heterocycles. The van der Waals surface area contributed by atoms with Crippen LogP contribution in [-0.4, -0.2) is 49.4 Å². The van der Waals surface area contributed by atoms with Crippen LogP contribution in [0.5, 0.6) is 0 Å². The van der Waals surface area contributed by atoms with E-state index in [0.717, 1.165) is 5.56 Å². The van der Waals surface area contributed by atoms with Crippen LogP contribution in [0.2, 0.25) is 0 Å². The number of benzene rings is 1. The Balaban J connectivity index is 2.72. The van der Waals surface area contributed by atoms with Gasteiger partial charge in [-0.25, -0.2) is 0 Å². The first-order valence-electron chi connectivity index (χ1n) is 7.62. The fourth-order valence-electron chi connectivity index (χ4n) is 2.16. The highest BCUT2D eigenvalue weighted by Gasteiger charge is 2.18. The Morgan fingerprint density at radius 2 is 1.87 bits per heavy atom. The van der Waals surface area contributed by atoms with Crippen molar-refractivity contribution in [2.75, 3.05) is 26.7 Å². The third-order valence-electron chi connectivity index (χ3n) is 3.45. The first kappa shape index (κ1) is 18.7. The minimum absolute atomic E-state index is 0.101. The molecule has 1 aromatic carbocycles. The molecule has 0 bridgehead atoms. The van der Waals surface area contributed by atoms with Crippen LogP contribution in [0.3, 0.4) is 0 Å². The van der Waals surface area contributed by atoms with Gasteiger partial charge in [0.05, 0.1) is 13.5 Å². The van der Waals surface area contributed by atoms with Crippen molar-refractivity contribution in [1.29, 1.82) is 0 Å². The zero-order valence-corrected chi connectivity index (χ0v) is 13.9. The quantitative estimate of drug-likeness (QED) is 0.582. The summed E-state index contributed by atoms with van der Waals surface area (Å²) in [6, 6.07) is 7.34. The summed E-state index contributed by atoms with van der Waals surface area (Å²) in [5.74, 6) is -0.569. The molecule has 0 aliphatic heterocycles. The number of ether oxygens (including phenoxy) is 1. The van der Waals surface area contributed by atoms with Gasteiger partial charge in [0.2, 0.25) is 5.91 Å². The largest absolute Gasteiger partial charge is 0.469 e. The number of carbonyl (C=O) groups excluding carboxylic acids is 3. The monoisotopic (exact) mass is 320 g/mol. The first-order chi connectivity index (χ1) is 11.0. The van der Waals surface area contributed by atoms with E-state index in [1.54, 1.807) is 11.0 Å². The number of hydrogen-bond acceptors (Lipinski definition) is 4. The van der Waals surface area contributed by atoms with Crippen LogP contribution in [0, 0.1) is 6.92 Å². The Morgan fingerprint density at radius 1 is 1.17 bits per heavy atom. The Kier molecular flexibility index (Phi) is 7.80. The van der Waals surface area contributed by atoms with E-state index in [1.807, 2.05) is 25.1 Å². The summed E-state index contributed by atoms with van der Waals surface area (Å²) in [5.41, 5.74) is 1.51. The zero-order chi connectivity index (χ0) is 17.2. The summed E-state index contributed by atoms with van der Waals surface area (Å²) in [7, 11) is 1.33. The van der Waals surface area contributed by atoms with Crippen LogP contribution in [0.25, 0.3) is 0 Å². The molecule has 1 aromatic rings. The molecule has 2 amide bonds. The van der Waals surface area contributed by atoms with Crippen LogP contribution < -0.4 is 5.32 Å². The first-order valence-corrected chi connectivity index (χ1v) is 7.62. The zero-order valence-electron chi connectivity index (χ0n) is 13.9. The van der Waals surface area contributed by atoms with Gasteiger partial charge in [0.1, 0.15) is 0 Å². The van der Waals surface area contributed by atoms with E-state index >= 15 is 0 Å². The molecule has 1 rings (SSSR count). The van der Waals surface area contributed by atoms with Crippen molar-refractivity contribution in [3.05, 3.63) is 35.4 Å². The number of hydrogen-bond donors (Lipinski definition) is 1. The standard InChI is InChI=1S/C17H24N2O4/c1-13-7-4-5-8-15(13)17(22)19(12-9-16(21)23-3)11-6-10-18-14(2)20/h4-5,7-8H,6,9-12H2,1-3H3,(H,18,20). The van der Waals surface area contributed by atoms with Gasteiger partial charge in [-0.3, -0.25) is 14.4 Å². The fraction of sp³-hybridized carbons (Fsp3) is 0.471. The Labute approximate surface area is 136 Å². The molecule has 0 spiro atoms. The van der Waals surface area contributed by atoms with Crippen molar-refractivity contribution in [2.45, 2.75) is 26.7 Å². The van der Waals surface area contributed by atoms with Crippen LogP contribution in [0.1, 0.15) is 35.7 Å². The summed E-state index contributed by atoms with van der Waals surface area (Å²) >= 11 is 0. The molecule has 0 radical (unpaired) electrons. The van der Waals surface area contributed by atoms with Crippen molar-refractivity contribution in [3.8, 4) is 0 Å². The minimum Gasteiger partial charge on any atom is -0.469 e. The molecule has 0 unspecified atom stereocenters. The predicted molar refractivity (Wildman–Crippen MR) is 87.0 cm³/mol. The SMILES string of the molecule is COC(=O)CCN(CCCNC(C)=O)C(=O)c1ccccc1C. The number of aryl methyl sites for hydroxylation is 1. The van der Waals surface area contributed by atoms with Gasteiger partial charge in [-0.15, -0.1) is 0 Å². The van der Waals surface area contributed by atoms with E-state index in [0.29, 0.717) is 31.6 Å². The highest BCUT2D eigenvalue weighted by atomic mass is 16.5. The van der Waals surface area contributed by atoms with Crippen molar-refractivity contribution in [3.63, 3.8) is 0 Å². The van der Waals surface area contributed by atoms with E-state index < -0.39 is 0 Å². The predicted octanol–water partition coefficient (Wildman–Crippen LogP) is 1.53. The van der Waals surface area contributed by atoms with E-state index in [1.165, 1.54) is 14.0 Å². The van der Waals surface area contributed by atoms with Crippen molar-refractivity contribution >= 4 is 17.8 Å². The van der Waals surface area contributed by atoms with E-state index in [-0.39, 0.29) is 24.2 Å². The molecular formula is C17H24N2O4. The number of methoxy groups -OCH3 is 1. The molecule has 0 aliphatic rings. The Hall–Kier alpha value is -2.37. The summed E-state index contributed by atoms with van der Waals surface area (Å²) in [5, 5.41) is 2.70. The number of esters is 1. The summed E-state index contributed by atoms with van der Waals surface area (Å²) in [6.45, 7) is 4.58. The lowest BCUT2D eigenvalue weighted by Gasteiger charge is -2.23. The van der Waals surface area contributed by atoms with Crippen molar-refractivity contribution in [2.24, 2.45) is 0 Å². The molecule has 6 nitrogen and oxygen atoms in total. The normalized spacial score (nSPS) is 10.0. The lowest BCUT2D eigenvalue weighted by Crippen LogP contribution is -2.36. The second-order valence-electron chi connectivity index (χ2n) is 5.27. The van der Waals surface area contributed by atoms with E-state index in [4.69, 9.17) is 0 Å². The Morgan fingerprint density at radius 3 is 2.48 bits per heavy atom. The van der Waals surface area contributed by atoms with E-state index in [9.17, 15) is 14.4 Å². The van der Waals surface area contributed by atoms with Gasteiger partial charge in [0.25, 0.3) is 5.91 Å². The lowest BCUT2D eigenvalue weighted by molar-refractivity contribution is -0.140. The Bertz CT molecular complexity index is 557. The molecular weight excluding hydrogens is 296 g/mol. The lowest BCUT2D eigenvalue weighted by atomic mass is 10.1. The minimum atomic E-state index is -0.352. The average Bonchev–Trinajstić information content (AvgIpc) is 2.53. The summed E-state index contributed by atoms with van der Waals surface area (Å²) in [6.07, 6.45) is 0.770. The molecule has 1 N–H and O–H groups in total. The molecule has 0 saturated heterocycles. The number of nitrogens with zero attached hydrogens (tertiary/aromatic N) is 1. The molecule has 6 heteroatoms. The van der Waals surface area contributed by atoms with Crippen molar-refractivity contribution in [1.82, 2.24) is 10.2 Å². The van der Waals surface area contributed by atoms with Gasteiger partial charge in [-0.05, 0) is 25.0 Å². The van der Waals surface area contributed by atoms with Gasteiger partial charge in [0, 0.05) is 32.1 Å². The van der Waals surface area contributed by atoms with Crippen LogP contribution in [0.15, 0.2) is 24.3 Å². The third kappa shape index (κ3) is 6.50. The maximum absolute atomic E-state index is 12.7. The maximum atomic E-state index is 12.7. The summed E-state index contributed by atoms with van der Waals surface area (Å²) < 4.78 is 4.63. The molecule has 0 aliphatic carbocycles. The smallest absolute Gasteiger partial charge is 0.307 e. The summed E-state index contributed by atoms with van der Waals surface area (Å²) in [4.78, 5) is 36.5. The number of carbonyl (C=O) groups is 3. The molecule has 0 saturated carbocycles. The number of nitrogens with one attached hydrogen (secondary N) is 1. The van der Waals surface area contributed by atoms with Crippen molar-refractivity contribution < 1.29 is 19.1 Å². The molecule has 0 heterocycles. The average molecular weight is 320 g/mol. The second kappa shape index (κ2) is 9.61. The topological polar surface area (TPSA) is 75.7 Å². The number of rotatable bonds is 8. The molecule has 126 valence electrons.